The minimum Gasteiger partial charge on any atom is -0.507 e. The van der Waals surface area contributed by atoms with Crippen molar-refractivity contribution in [2.24, 2.45) is 0 Å². The van der Waals surface area contributed by atoms with E-state index in [1.54, 1.807) is 19.1 Å². The van der Waals surface area contributed by atoms with Gasteiger partial charge in [-0.1, -0.05) is 12.6 Å². The number of methoxy groups -OCH3 is 2. The molecule has 7 aliphatic heterocycles. The zero-order chi connectivity index (χ0) is 40.1. The Bertz CT molecular complexity index is 2300. The number of nitrogens with one attached hydrogen (secondary N) is 1. The third kappa shape index (κ3) is 5.22. The quantitative estimate of drug-likeness (QED) is 0.187. The average molecular weight is 799 g/mol. The van der Waals surface area contributed by atoms with Gasteiger partial charge in [-0.2, -0.15) is 5.26 Å². The number of aromatic hydroxyl groups is 2. The van der Waals surface area contributed by atoms with Crippen LogP contribution in [0.15, 0.2) is 31.0 Å². The molecule has 1 unspecified atom stereocenters. The molecular weight excluding hydrogens is 757 g/mol. The maximum atomic E-state index is 14.8. The molecule has 3 aromatic rings. The Morgan fingerprint density at radius 2 is 1.86 bits per heavy atom. The molecule has 0 radical (unpaired) electrons. The highest BCUT2D eigenvalue weighted by Crippen LogP contribution is 2.64. The average Bonchev–Trinajstić information content (AvgIpc) is 3.68. The summed E-state index contributed by atoms with van der Waals surface area (Å²) in [5.74, 6) is 1.19. The number of aryl methyl sites for hydroxylation is 1. The molecule has 16 heteroatoms. The number of carbonyl (C=O) groups is 2. The van der Waals surface area contributed by atoms with Gasteiger partial charge >= 0.3 is 12.1 Å². The van der Waals surface area contributed by atoms with Crippen molar-refractivity contribution in [3.8, 4) is 46.3 Å². The van der Waals surface area contributed by atoms with Crippen LogP contribution < -0.4 is 29.0 Å². The maximum Gasteiger partial charge on any atom is 0.518 e. The smallest absolute Gasteiger partial charge is 0.507 e. The van der Waals surface area contributed by atoms with Gasteiger partial charge in [0.15, 0.2) is 40.0 Å². The predicted octanol–water partition coefficient (Wildman–Crippen LogP) is 4.72. The van der Waals surface area contributed by atoms with Crippen LogP contribution in [0.4, 0.5) is 4.79 Å². The van der Waals surface area contributed by atoms with Crippen LogP contribution in [-0.2, 0) is 32.6 Å². The van der Waals surface area contributed by atoms with Gasteiger partial charge < -0.3 is 43.4 Å². The number of carbonyl (C=O) groups excluding carboxylic acids is 2. The lowest BCUT2D eigenvalue weighted by Gasteiger charge is -2.62. The van der Waals surface area contributed by atoms with E-state index in [0.29, 0.717) is 64.5 Å². The fraction of sp³-hybridized carbons (Fsp3) is 0.439. The number of esters is 1. The summed E-state index contributed by atoms with van der Waals surface area (Å²) in [6.45, 7) is 7.22. The Kier molecular flexibility index (Phi) is 8.92. The number of fused-ring (bicyclic) bond motifs is 9. The van der Waals surface area contributed by atoms with Crippen molar-refractivity contribution in [3.05, 3.63) is 75.5 Å². The maximum absolute atomic E-state index is 14.8. The van der Waals surface area contributed by atoms with E-state index in [4.69, 9.17) is 33.2 Å². The number of piperazine rings is 1. The van der Waals surface area contributed by atoms with Crippen LogP contribution in [0.5, 0.6) is 40.2 Å². The summed E-state index contributed by atoms with van der Waals surface area (Å²) < 4.78 is 40.1. The molecule has 3 N–H and O–H groups in total. The van der Waals surface area contributed by atoms with Crippen LogP contribution in [0.3, 0.4) is 0 Å². The van der Waals surface area contributed by atoms with E-state index in [2.05, 4.69) is 27.8 Å². The van der Waals surface area contributed by atoms with Crippen LogP contribution >= 0.6 is 11.8 Å². The molecule has 2 fully saturated rings. The minimum atomic E-state index is -1.42. The number of thioether (sulfide) groups is 1. The molecule has 10 rings (SSSR count). The Morgan fingerprint density at radius 3 is 2.60 bits per heavy atom. The predicted molar refractivity (Wildman–Crippen MR) is 204 cm³/mol. The van der Waals surface area contributed by atoms with E-state index in [-0.39, 0.29) is 48.2 Å². The topological polar surface area (TPSA) is 182 Å². The third-order valence-electron chi connectivity index (χ3n) is 12.6. The Labute approximate surface area is 333 Å². The van der Waals surface area contributed by atoms with Gasteiger partial charge in [0.1, 0.15) is 18.4 Å². The highest BCUT2D eigenvalue weighted by molar-refractivity contribution is 7.99. The molecule has 3 aromatic carbocycles. The van der Waals surface area contributed by atoms with Gasteiger partial charge in [-0.3, -0.25) is 15.1 Å². The standard InChI is InChI=1S/C41H42N4O11S/c1-7-52-40(49)56-27-12-20-8-9-43-41(22(20)13-26(27)50-5)16-57-38-30-29(37-36(54-17-55-37)19(3)33(30)46)25(15-53-39(41)48)45-24(14-42)23-11-21-10-18(2)35(51-6)34(47)28(21)31(32(38)45)44(23)4/h7,10,12-13,23-25,31-32,38,43,46-47H,1,8-9,11,15-17H2,2-6H3/t23-,24+,25+,31+,32?,38-,41-/m1/s1. The summed E-state index contributed by atoms with van der Waals surface area (Å²) in [6.07, 6.45) is 0.955. The normalized spacial score (nSPS) is 28.2. The second-order valence-electron chi connectivity index (χ2n) is 15.1. The molecule has 2 saturated heterocycles. The number of phenolic OH excluding ortho intramolecular Hbond substituents is 2. The summed E-state index contributed by atoms with van der Waals surface area (Å²) in [5, 5.41) is 38.3. The molecule has 57 heavy (non-hydrogen) atoms. The van der Waals surface area contributed by atoms with Gasteiger partial charge in [-0.15, -0.1) is 11.8 Å². The number of phenols is 2. The van der Waals surface area contributed by atoms with Gasteiger partial charge in [0, 0.05) is 46.6 Å². The molecule has 0 saturated carbocycles. The molecule has 7 aliphatic rings. The van der Waals surface area contributed by atoms with Crippen LogP contribution in [-0.4, -0.2) is 97.2 Å². The number of likely N-dealkylation sites (N-methyl/N-ethyl adjacent to an activating group) is 1. The first-order chi connectivity index (χ1) is 27.5. The molecular formula is C41H42N4O11S. The lowest BCUT2D eigenvalue weighted by molar-refractivity contribution is -0.157. The van der Waals surface area contributed by atoms with Crippen LogP contribution in [0, 0.1) is 25.2 Å². The first-order valence-electron chi connectivity index (χ1n) is 18.7. The highest BCUT2D eigenvalue weighted by Gasteiger charge is 2.61. The van der Waals surface area contributed by atoms with Gasteiger partial charge in [-0.25, -0.2) is 9.59 Å². The summed E-state index contributed by atoms with van der Waals surface area (Å²) >= 11 is 1.45. The zero-order valence-electron chi connectivity index (χ0n) is 32.0. The SMILES string of the molecule is C=COC(=O)Oc1cc2c(cc1OC)[C@@]1(CS[C@@H]3c4c(O)c(C)c5c(c4[C@H](COC1=O)N1C3[C@@H]3c4c(cc(C)c(OC)c4O)C[C@H]([C@@H]1C#N)N3C)OCO5)NCC2. The van der Waals surface area contributed by atoms with Crippen LogP contribution in [0.1, 0.15) is 61.8 Å². The minimum absolute atomic E-state index is 0.0317. The van der Waals surface area contributed by atoms with E-state index in [1.807, 2.05) is 20.0 Å². The lowest BCUT2D eigenvalue weighted by Crippen LogP contribution is -2.69. The molecule has 7 heterocycles. The van der Waals surface area contributed by atoms with E-state index >= 15 is 0 Å². The Morgan fingerprint density at radius 1 is 1.07 bits per heavy atom. The van der Waals surface area contributed by atoms with Gasteiger partial charge in [0.05, 0.1) is 43.9 Å². The molecule has 4 bridgehead atoms. The largest absolute Gasteiger partial charge is 0.518 e. The number of hydrogen-bond acceptors (Lipinski definition) is 16. The zero-order valence-corrected chi connectivity index (χ0v) is 32.9. The van der Waals surface area contributed by atoms with Crippen LogP contribution in [0.2, 0.25) is 0 Å². The van der Waals surface area contributed by atoms with Gasteiger partial charge in [0.25, 0.3) is 0 Å². The van der Waals surface area contributed by atoms with Crippen molar-refractivity contribution < 1.29 is 53.0 Å². The number of benzene rings is 3. The first-order valence-corrected chi connectivity index (χ1v) is 19.7. The number of ether oxygens (including phenoxy) is 7. The van der Waals surface area contributed by atoms with Crippen molar-refractivity contribution in [2.75, 3.05) is 47.0 Å². The van der Waals surface area contributed by atoms with Crippen molar-refractivity contribution in [3.63, 3.8) is 0 Å². The Balaban J connectivity index is 1.26. The monoisotopic (exact) mass is 798 g/mol. The number of rotatable bonds is 4. The second kappa shape index (κ2) is 13.7. The number of hydrogen-bond donors (Lipinski definition) is 3. The van der Waals surface area contributed by atoms with Gasteiger partial charge in [0.2, 0.25) is 6.79 Å². The molecule has 298 valence electrons. The van der Waals surface area contributed by atoms with Crippen LogP contribution in [0.25, 0.3) is 0 Å². The molecule has 15 nitrogen and oxygen atoms in total. The van der Waals surface area contributed by atoms with Crippen molar-refractivity contribution >= 4 is 23.9 Å². The molecule has 1 spiro atoms. The first kappa shape index (κ1) is 37.2. The van der Waals surface area contributed by atoms with Gasteiger partial charge in [-0.05, 0) is 68.1 Å². The second-order valence-corrected chi connectivity index (χ2v) is 16.3. The fourth-order valence-electron chi connectivity index (χ4n) is 10.2. The van der Waals surface area contributed by atoms with E-state index in [9.17, 15) is 25.1 Å². The summed E-state index contributed by atoms with van der Waals surface area (Å²) in [6, 6.07) is 5.24. The number of nitrogens with zero attached hydrogens (tertiary/aromatic N) is 3. The molecule has 0 amide bonds. The van der Waals surface area contributed by atoms with Crippen molar-refractivity contribution in [1.29, 1.82) is 5.26 Å². The summed E-state index contributed by atoms with van der Waals surface area (Å²) in [5.41, 5.74) is 4.05. The van der Waals surface area contributed by atoms with E-state index in [0.717, 1.165) is 23.0 Å². The highest BCUT2D eigenvalue weighted by atomic mass is 32.2. The summed E-state index contributed by atoms with van der Waals surface area (Å²) in [7, 11) is 4.94. The number of nitriles is 1. The lowest BCUT2D eigenvalue weighted by atomic mass is 9.71. The fourth-order valence-corrected chi connectivity index (χ4v) is 11.9. The molecule has 0 aromatic heterocycles. The van der Waals surface area contributed by atoms with E-state index in [1.165, 1.54) is 26.0 Å². The third-order valence-corrected chi connectivity index (χ3v) is 14.0. The van der Waals surface area contributed by atoms with Crippen molar-refractivity contribution in [2.45, 2.75) is 67.7 Å². The molecule has 7 atom stereocenters. The molecule has 0 aliphatic carbocycles. The summed E-state index contributed by atoms with van der Waals surface area (Å²) in [4.78, 5) is 31.4. The van der Waals surface area contributed by atoms with E-state index < -0.39 is 47.1 Å². The Hall–Kier alpha value is -5.34. The van der Waals surface area contributed by atoms with Crippen molar-refractivity contribution in [1.82, 2.24) is 15.1 Å².